The standard InChI is InChI=1S/C26H42F3I/c27-23-16-21(13-15-24(23)30)18-9-6-17(7-10-18)8-11-20-12-14-22(26(29)25(20)28)19-4-2-1-3-5-19/h17-26H,1-16H2/t17?,18?,20-,21?,22-,23?,24-,25?,26?/m0/s1. The third kappa shape index (κ3) is 5.71. The monoisotopic (exact) mass is 538 g/mol. The third-order valence-electron chi connectivity index (χ3n) is 9.53. The van der Waals surface area contributed by atoms with Crippen LogP contribution in [0.3, 0.4) is 0 Å². The average molecular weight is 539 g/mol. The Labute approximate surface area is 196 Å². The fourth-order valence-electron chi connectivity index (χ4n) is 7.52. The minimum atomic E-state index is -1.23. The van der Waals surface area contributed by atoms with Gasteiger partial charge < -0.3 is 0 Å². The van der Waals surface area contributed by atoms with Gasteiger partial charge in [-0.05, 0) is 86.9 Å². The van der Waals surface area contributed by atoms with Crippen molar-refractivity contribution in [2.75, 3.05) is 0 Å². The molecule has 4 aliphatic carbocycles. The predicted molar refractivity (Wildman–Crippen MR) is 127 cm³/mol. The minimum Gasteiger partial charge on any atom is -0.246 e. The zero-order valence-corrected chi connectivity index (χ0v) is 20.8. The van der Waals surface area contributed by atoms with E-state index in [1.54, 1.807) is 0 Å². The quantitative estimate of drug-likeness (QED) is 0.242. The van der Waals surface area contributed by atoms with E-state index in [1.807, 2.05) is 0 Å². The van der Waals surface area contributed by atoms with E-state index in [1.165, 1.54) is 51.4 Å². The van der Waals surface area contributed by atoms with Crippen molar-refractivity contribution in [2.24, 2.45) is 35.5 Å². The van der Waals surface area contributed by atoms with Crippen molar-refractivity contribution in [3.63, 3.8) is 0 Å². The topological polar surface area (TPSA) is 0 Å². The largest absolute Gasteiger partial charge is 0.246 e. The average Bonchev–Trinajstić information content (AvgIpc) is 2.78. The van der Waals surface area contributed by atoms with Gasteiger partial charge in [0, 0.05) is 3.92 Å². The Balaban J connectivity index is 1.18. The van der Waals surface area contributed by atoms with E-state index in [2.05, 4.69) is 22.6 Å². The molecule has 0 saturated heterocycles. The first kappa shape index (κ1) is 23.7. The Morgan fingerprint density at radius 1 is 0.600 bits per heavy atom. The van der Waals surface area contributed by atoms with Crippen molar-refractivity contribution in [2.45, 2.75) is 125 Å². The van der Waals surface area contributed by atoms with Crippen molar-refractivity contribution in [1.82, 2.24) is 0 Å². The van der Waals surface area contributed by atoms with E-state index in [4.69, 9.17) is 0 Å². The summed E-state index contributed by atoms with van der Waals surface area (Å²) in [7, 11) is 0. The molecule has 7 atom stereocenters. The van der Waals surface area contributed by atoms with Crippen molar-refractivity contribution in [3.05, 3.63) is 0 Å². The first-order chi connectivity index (χ1) is 14.5. The maximum Gasteiger partial charge on any atom is 0.134 e. The van der Waals surface area contributed by atoms with E-state index in [0.717, 1.165) is 51.4 Å². The van der Waals surface area contributed by atoms with Crippen molar-refractivity contribution >= 4 is 22.6 Å². The van der Waals surface area contributed by atoms with Gasteiger partial charge in [0.1, 0.15) is 18.5 Å². The van der Waals surface area contributed by atoms with Gasteiger partial charge in [0.2, 0.25) is 0 Å². The van der Waals surface area contributed by atoms with Crippen LogP contribution in [0, 0.1) is 35.5 Å². The Kier molecular flexibility index (Phi) is 8.75. The summed E-state index contributed by atoms with van der Waals surface area (Å²) in [4.78, 5) is 0. The molecule has 0 aliphatic heterocycles. The predicted octanol–water partition coefficient (Wildman–Crippen LogP) is 8.80. The lowest BCUT2D eigenvalue weighted by molar-refractivity contribution is -0.0131. The van der Waals surface area contributed by atoms with Crippen LogP contribution in [0.15, 0.2) is 0 Å². The van der Waals surface area contributed by atoms with Crippen LogP contribution in [0.5, 0.6) is 0 Å². The highest BCUT2D eigenvalue weighted by atomic mass is 127. The molecule has 0 radical (unpaired) electrons. The van der Waals surface area contributed by atoms with Gasteiger partial charge in [0.15, 0.2) is 0 Å². The molecule has 0 bridgehead atoms. The smallest absolute Gasteiger partial charge is 0.134 e. The van der Waals surface area contributed by atoms with E-state index in [9.17, 15) is 13.2 Å². The highest BCUT2D eigenvalue weighted by Crippen LogP contribution is 2.46. The summed E-state index contributed by atoms with van der Waals surface area (Å²) >= 11 is 2.28. The second kappa shape index (κ2) is 11.1. The fraction of sp³-hybridized carbons (Fsp3) is 1.00. The summed E-state index contributed by atoms with van der Waals surface area (Å²) in [6, 6.07) is 0. The summed E-state index contributed by atoms with van der Waals surface area (Å²) in [6.45, 7) is 0. The van der Waals surface area contributed by atoms with E-state index in [-0.39, 0.29) is 15.8 Å². The molecule has 4 unspecified atom stereocenters. The Hall–Kier alpha value is 0.520. The molecule has 0 heterocycles. The molecule has 0 N–H and O–H groups in total. The number of hydrogen-bond donors (Lipinski definition) is 0. The number of halogens is 4. The van der Waals surface area contributed by atoms with Crippen LogP contribution in [0.25, 0.3) is 0 Å². The van der Waals surface area contributed by atoms with Crippen LogP contribution < -0.4 is 0 Å². The molecule has 30 heavy (non-hydrogen) atoms. The molecule has 0 amide bonds. The first-order valence-corrected chi connectivity index (χ1v) is 14.3. The molecule has 4 saturated carbocycles. The maximum absolute atomic E-state index is 15.0. The third-order valence-corrected chi connectivity index (χ3v) is 10.9. The summed E-state index contributed by atoms with van der Waals surface area (Å²) in [5.41, 5.74) is 0. The van der Waals surface area contributed by atoms with Crippen LogP contribution in [0.1, 0.15) is 103 Å². The van der Waals surface area contributed by atoms with Crippen LogP contribution >= 0.6 is 22.6 Å². The number of alkyl halides is 4. The van der Waals surface area contributed by atoms with Gasteiger partial charge in [-0.25, -0.2) is 13.2 Å². The van der Waals surface area contributed by atoms with Crippen LogP contribution in [0.4, 0.5) is 13.2 Å². The Morgan fingerprint density at radius 2 is 1.30 bits per heavy atom. The van der Waals surface area contributed by atoms with Gasteiger partial charge in [0.05, 0.1) is 0 Å². The van der Waals surface area contributed by atoms with E-state index < -0.39 is 18.5 Å². The van der Waals surface area contributed by atoms with Crippen molar-refractivity contribution in [1.29, 1.82) is 0 Å². The zero-order chi connectivity index (χ0) is 21.1. The minimum absolute atomic E-state index is 0.0102. The molecular formula is C26H42F3I. The maximum atomic E-state index is 15.0. The normalized spacial score (nSPS) is 46.6. The van der Waals surface area contributed by atoms with Crippen LogP contribution in [-0.4, -0.2) is 22.4 Å². The molecule has 4 heteroatoms. The summed E-state index contributed by atoms with van der Waals surface area (Å²) in [5, 5.41) is 0. The molecule has 0 aromatic rings. The SMILES string of the molecule is FC1C(F)[C@H](C2CCCCC2)CC[C@@H]1CCC1CCC(C2CC[C@H](I)C(F)C2)CC1. The van der Waals surface area contributed by atoms with Crippen molar-refractivity contribution < 1.29 is 13.2 Å². The summed E-state index contributed by atoms with van der Waals surface area (Å²) in [6.07, 6.45) is 14.6. The van der Waals surface area contributed by atoms with Gasteiger partial charge in [0.25, 0.3) is 0 Å². The molecule has 0 aromatic heterocycles. The Bertz CT molecular complexity index is 514. The molecule has 0 spiro atoms. The van der Waals surface area contributed by atoms with Gasteiger partial charge in [-0.1, -0.05) is 74.0 Å². The summed E-state index contributed by atoms with van der Waals surface area (Å²) in [5.74, 6) is 2.36. The van der Waals surface area contributed by atoms with Gasteiger partial charge in [-0.3, -0.25) is 0 Å². The molecule has 0 nitrogen and oxygen atoms in total. The second-order valence-electron chi connectivity index (χ2n) is 11.3. The second-order valence-corrected chi connectivity index (χ2v) is 12.9. The molecule has 4 aliphatic rings. The van der Waals surface area contributed by atoms with E-state index >= 15 is 0 Å². The first-order valence-electron chi connectivity index (χ1n) is 13.1. The van der Waals surface area contributed by atoms with Gasteiger partial charge >= 0.3 is 0 Å². The number of rotatable bonds is 5. The lowest BCUT2D eigenvalue weighted by Crippen LogP contribution is -2.42. The van der Waals surface area contributed by atoms with Crippen LogP contribution in [0.2, 0.25) is 0 Å². The fourth-order valence-corrected chi connectivity index (χ4v) is 8.17. The highest BCUT2D eigenvalue weighted by Gasteiger charge is 2.43. The zero-order valence-electron chi connectivity index (χ0n) is 18.6. The molecule has 0 aromatic carbocycles. The van der Waals surface area contributed by atoms with Crippen LogP contribution in [-0.2, 0) is 0 Å². The molecule has 174 valence electrons. The molecule has 4 fully saturated rings. The molecule has 4 rings (SSSR count). The summed E-state index contributed by atoms with van der Waals surface area (Å²) < 4.78 is 44.3. The lowest BCUT2D eigenvalue weighted by atomic mass is 9.67. The Morgan fingerprint density at radius 3 is 2.00 bits per heavy atom. The van der Waals surface area contributed by atoms with Crippen molar-refractivity contribution in [3.8, 4) is 0 Å². The lowest BCUT2D eigenvalue weighted by Gasteiger charge is -2.41. The molecular weight excluding hydrogens is 496 g/mol. The highest BCUT2D eigenvalue weighted by molar-refractivity contribution is 14.1. The van der Waals surface area contributed by atoms with E-state index in [0.29, 0.717) is 23.7 Å². The van der Waals surface area contributed by atoms with Gasteiger partial charge in [-0.2, -0.15) is 0 Å². The van der Waals surface area contributed by atoms with Gasteiger partial charge in [-0.15, -0.1) is 0 Å². The number of hydrogen-bond acceptors (Lipinski definition) is 0.